The van der Waals surface area contributed by atoms with Gasteiger partial charge in [-0.3, -0.25) is 9.69 Å². The van der Waals surface area contributed by atoms with Gasteiger partial charge < -0.3 is 0 Å². The predicted octanol–water partition coefficient (Wildman–Crippen LogP) is 4.08. The summed E-state index contributed by atoms with van der Waals surface area (Å²) in [5.41, 5.74) is 1.38. The number of Topliss-reactive ketones (excluding diaryl/α,β-unsaturated/α-hetero) is 1. The van der Waals surface area contributed by atoms with Crippen molar-refractivity contribution in [3.05, 3.63) is 35.9 Å². The summed E-state index contributed by atoms with van der Waals surface area (Å²) in [6, 6.07) is 14.0. The van der Waals surface area contributed by atoms with Gasteiger partial charge in [0.2, 0.25) is 0 Å². The van der Waals surface area contributed by atoms with Crippen molar-refractivity contribution in [1.82, 2.24) is 4.90 Å². The van der Waals surface area contributed by atoms with Gasteiger partial charge >= 0.3 is 0 Å². The minimum atomic E-state index is 0.265. The van der Waals surface area contributed by atoms with Crippen LogP contribution in [0.1, 0.15) is 56.9 Å². The molecule has 2 atom stereocenters. The standard InChI is InChI=1S/C20H26N2O/c21-12-6-2-5-9-20(23)17-13-18-10-11-19(14-17)22(18)15-16-7-3-1-4-8-16/h1,3-4,7-8,17-19H,2,5-6,9-11,13-15H2. The van der Waals surface area contributed by atoms with Crippen LogP contribution in [0.5, 0.6) is 0 Å². The summed E-state index contributed by atoms with van der Waals surface area (Å²) in [5, 5.41) is 8.57. The minimum Gasteiger partial charge on any atom is -0.299 e. The van der Waals surface area contributed by atoms with Gasteiger partial charge in [0, 0.05) is 37.4 Å². The molecule has 2 unspecified atom stereocenters. The molecule has 3 rings (SSSR count). The average Bonchev–Trinajstić information content (AvgIpc) is 2.81. The highest BCUT2D eigenvalue weighted by Gasteiger charge is 2.42. The summed E-state index contributed by atoms with van der Waals surface area (Å²) >= 11 is 0. The Balaban J connectivity index is 1.52. The highest BCUT2D eigenvalue weighted by atomic mass is 16.1. The Hall–Kier alpha value is -1.66. The molecule has 0 spiro atoms. The van der Waals surface area contributed by atoms with Gasteiger partial charge in [0.05, 0.1) is 6.07 Å². The number of carbonyl (C=O) groups is 1. The van der Waals surface area contributed by atoms with E-state index in [0.29, 0.717) is 30.7 Å². The van der Waals surface area contributed by atoms with Crippen LogP contribution in [0.2, 0.25) is 0 Å². The van der Waals surface area contributed by atoms with E-state index >= 15 is 0 Å². The molecule has 0 amide bonds. The fourth-order valence-corrected chi connectivity index (χ4v) is 4.30. The molecule has 0 saturated carbocycles. The van der Waals surface area contributed by atoms with Gasteiger partial charge in [-0.15, -0.1) is 0 Å². The van der Waals surface area contributed by atoms with E-state index in [1.807, 2.05) is 0 Å². The first-order valence-corrected chi connectivity index (χ1v) is 8.97. The number of rotatable bonds is 7. The number of benzene rings is 1. The van der Waals surface area contributed by atoms with E-state index in [1.165, 1.54) is 18.4 Å². The molecule has 2 aliphatic heterocycles. The van der Waals surface area contributed by atoms with Crippen molar-refractivity contribution in [3.63, 3.8) is 0 Å². The monoisotopic (exact) mass is 310 g/mol. The first-order valence-electron chi connectivity index (χ1n) is 8.97. The third kappa shape index (κ3) is 4.00. The topological polar surface area (TPSA) is 44.1 Å². The Morgan fingerprint density at radius 3 is 2.48 bits per heavy atom. The Morgan fingerprint density at radius 1 is 1.13 bits per heavy atom. The molecule has 2 bridgehead atoms. The van der Waals surface area contributed by atoms with E-state index in [-0.39, 0.29) is 5.92 Å². The number of hydrogen-bond acceptors (Lipinski definition) is 3. The SMILES string of the molecule is N#CCCCCC(=O)C1CC2CCC(C1)N2Cc1ccccc1. The van der Waals surface area contributed by atoms with Gasteiger partial charge in [-0.1, -0.05) is 30.3 Å². The predicted molar refractivity (Wildman–Crippen MR) is 90.6 cm³/mol. The van der Waals surface area contributed by atoms with Crippen molar-refractivity contribution >= 4 is 5.78 Å². The van der Waals surface area contributed by atoms with E-state index in [9.17, 15) is 4.79 Å². The number of carbonyl (C=O) groups excluding carboxylic acids is 1. The van der Waals surface area contributed by atoms with Crippen molar-refractivity contribution < 1.29 is 4.79 Å². The Labute approximate surface area is 139 Å². The fourth-order valence-electron chi connectivity index (χ4n) is 4.30. The quantitative estimate of drug-likeness (QED) is 0.713. The number of ketones is 1. The van der Waals surface area contributed by atoms with E-state index < -0.39 is 0 Å². The van der Waals surface area contributed by atoms with Gasteiger partial charge in [0.25, 0.3) is 0 Å². The Morgan fingerprint density at radius 2 is 1.83 bits per heavy atom. The molecule has 0 radical (unpaired) electrons. The van der Waals surface area contributed by atoms with E-state index in [4.69, 9.17) is 5.26 Å². The zero-order chi connectivity index (χ0) is 16.1. The summed E-state index contributed by atoms with van der Waals surface area (Å²) in [6.45, 7) is 1.03. The molecule has 1 aromatic carbocycles. The lowest BCUT2D eigenvalue weighted by molar-refractivity contribution is -0.125. The zero-order valence-corrected chi connectivity index (χ0v) is 13.8. The molecule has 0 aliphatic carbocycles. The number of unbranched alkanes of at least 4 members (excludes halogenated alkanes) is 2. The van der Waals surface area contributed by atoms with Gasteiger partial charge in [-0.05, 0) is 44.1 Å². The number of piperidine rings is 1. The maximum atomic E-state index is 12.4. The molecular formula is C20H26N2O. The Kier molecular flexibility index (Phi) is 5.46. The first kappa shape index (κ1) is 16.2. The van der Waals surface area contributed by atoms with E-state index in [2.05, 4.69) is 41.3 Å². The molecular weight excluding hydrogens is 284 g/mol. The third-order valence-electron chi connectivity index (χ3n) is 5.51. The molecule has 3 heteroatoms. The third-order valence-corrected chi connectivity index (χ3v) is 5.51. The van der Waals surface area contributed by atoms with Crippen LogP contribution in [-0.2, 0) is 11.3 Å². The minimum absolute atomic E-state index is 0.265. The summed E-state index contributed by atoms with van der Waals surface area (Å²) in [4.78, 5) is 15.1. The molecule has 1 aromatic rings. The summed E-state index contributed by atoms with van der Waals surface area (Å²) in [6.07, 6.45) is 7.57. The second kappa shape index (κ2) is 7.75. The molecule has 23 heavy (non-hydrogen) atoms. The first-order chi connectivity index (χ1) is 11.3. The van der Waals surface area contributed by atoms with E-state index in [0.717, 1.165) is 32.2 Å². The second-order valence-electron chi connectivity index (χ2n) is 7.04. The second-order valence-corrected chi connectivity index (χ2v) is 7.04. The highest BCUT2D eigenvalue weighted by Crippen LogP contribution is 2.40. The van der Waals surface area contributed by atoms with Gasteiger partial charge in [0.15, 0.2) is 0 Å². The molecule has 0 aromatic heterocycles. The summed E-state index contributed by atoms with van der Waals surface area (Å²) < 4.78 is 0. The maximum Gasteiger partial charge on any atom is 0.136 e. The number of nitrogens with zero attached hydrogens (tertiary/aromatic N) is 2. The normalized spacial score (nSPS) is 26.8. The smallest absolute Gasteiger partial charge is 0.136 e. The van der Waals surface area contributed by atoms with Gasteiger partial charge in [0.1, 0.15) is 5.78 Å². The van der Waals surface area contributed by atoms with Crippen molar-refractivity contribution in [3.8, 4) is 6.07 Å². The lowest BCUT2D eigenvalue weighted by Crippen LogP contribution is -2.44. The molecule has 3 nitrogen and oxygen atoms in total. The van der Waals surface area contributed by atoms with Crippen LogP contribution < -0.4 is 0 Å². The molecule has 2 heterocycles. The van der Waals surface area contributed by atoms with Crippen LogP contribution in [0.25, 0.3) is 0 Å². The van der Waals surface area contributed by atoms with Crippen LogP contribution >= 0.6 is 0 Å². The van der Waals surface area contributed by atoms with E-state index in [1.54, 1.807) is 0 Å². The molecule has 2 fully saturated rings. The fraction of sp³-hybridized carbons (Fsp3) is 0.600. The van der Waals surface area contributed by atoms with Crippen LogP contribution in [0.15, 0.2) is 30.3 Å². The van der Waals surface area contributed by atoms with Gasteiger partial charge in [-0.25, -0.2) is 0 Å². The van der Waals surface area contributed by atoms with Crippen LogP contribution in [0, 0.1) is 17.2 Å². The van der Waals surface area contributed by atoms with Crippen LogP contribution in [-0.4, -0.2) is 22.8 Å². The van der Waals surface area contributed by atoms with Gasteiger partial charge in [-0.2, -0.15) is 5.26 Å². The highest BCUT2D eigenvalue weighted by molar-refractivity contribution is 5.81. The Bertz CT molecular complexity index is 549. The molecule has 0 N–H and O–H groups in total. The lowest BCUT2D eigenvalue weighted by Gasteiger charge is -2.38. The average molecular weight is 310 g/mol. The summed E-state index contributed by atoms with van der Waals surface area (Å²) in [5.74, 6) is 0.709. The zero-order valence-electron chi connectivity index (χ0n) is 13.8. The lowest BCUT2D eigenvalue weighted by atomic mass is 9.85. The van der Waals surface area contributed by atoms with Crippen molar-refractivity contribution in [2.75, 3.05) is 0 Å². The number of nitriles is 1. The molecule has 2 aliphatic rings. The van der Waals surface area contributed by atoms with Crippen molar-refractivity contribution in [1.29, 1.82) is 5.26 Å². The van der Waals surface area contributed by atoms with Crippen LogP contribution in [0.3, 0.4) is 0 Å². The van der Waals surface area contributed by atoms with Crippen molar-refractivity contribution in [2.45, 2.75) is 70.0 Å². The molecule has 2 saturated heterocycles. The number of fused-ring (bicyclic) bond motifs is 2. The number of hydrogen-bond donors (Lipinski definition) is 0. The molecule has 122 valence electrons. The maximum absolute atomic E-state index is 12.4. The largest absolute Gasteiger partial charge is 0.299 e. The van der Waals surface area contributed by atoms with Crippen LogP contribution in [0.4, 0.5) is 0 Å². The van der Waals surface area contributed by atoms with Crippen molar-refractivity contribution in [2.24, 2.45) is 5.92 Å². The summed E-state index contributed by atoms with van der Waals surface area (Å²) in [7, 11) is 0.